The molecule has 0 spiro atoms. The number of halogens is 2. The van der Waals surface area contributed by atoms with Crippen LogP contribution in [-0.2, 0) is 0 Å². The van der Waals surface area contributed by atoms with Gasteiger partial charge in [-0.2, -0.15) is 0 Å². The van der Waals surface area contributed by atoms with Gasteiger partial charge in [-0.25, -0.2) is 4.98 Å². The first-order valence-corrected chi connectivity index (χ1v) is 6.45. The molecule has 1 N–H and O–H groups in total. The highest BCUT2D eigenvalue weighted by Crippen LogP contribution is 2.37. The average molecular weight is 289 g/mol. The summed E-state index contributed by atoms with van der Waals surface area (Å²) in [5.74, 6) is 1.45. The summed E-state index contributed by atoms with van der Waals surface area (Å²) in [5.41, 5.74) is 0. The molecule has 3 nitrogen and oxygen atoms in total. The number of aromatic nitrogens is 1. The van der Waals surface area contributed by atoms with Gasteiger partial charge in [0.2, 0.25) is 0 Å². The van der Waals surface area contributed by atoms with Crippen LogP contribution < -0.4 is 5.32 Å². The molecule has 90 valence electrons. The van der Waals surface area contributed by atoms with Gasteiger partial charge in [0, 0.05) is 7.05 Å². The maximum atomic E-state index is 6.10. The van der Waals surface area contributed by atoms with E-state index in [1.807, 2.05) is 13.0 Å². The van der Waals surface area contributed by atoms with Gasteiger partial charge in [0.25, 0.3) is 0 Å². The molecule has 0 unspecified atom stereocenters. The van der Waals surface area contributed by atoms with Crippen LogP contribution in [0.5, 0.6) is 0 Å². The molecule has 0 amide bonds. The molecule has 2 heterocycles. The van der Waals surface area contributed by atoms with Crippen LogP contribution in [0.2, 0.25) is 10.0 Å². The van der Waals surface area contributed by atoms with Gasteiger partial charge in [-0.05, 0) is 19.1 Å². The maximum Gasteiger partial charge on any atom is 0.146 e. The van der Waals surface area contributed by atoms with Crippen LogP contribution in [0.25, 0.3) is 0 Å². The molecule has 0 radical (unpaired) electrons. The van der Waals surface area contributed by atoms with Crippen molar-refractivity contribution in [1.82, 2.24) is 4.98 Å². The summed E-state index contributed by atoms with van der Waals surface area (Å²) in [6.45, 7) is 1.89. The fraction of sp³-hybridized carbons (Fsp3) is 0.182. The second-order valence-corrected chi connectivity index (χ2v) is 5.14. The highest BCUT2D eigenvalue weighted by atomic mass is 35.5. The number of hydrogen-bond acceptors (Lipinski definition) is 4. The molecule has 0 fully saturated rings. The Bertz CT molecular complexity index is 542. The van der Waals surface area contributed by atoms with E-state index >= 15 is 0 Å². The van der Waals surface area contributed by atoms with Crippen LogP contribution in [0.15, 0.2) is 32.7 Å². The number of aryl methyl sites for hydroxylation is 1. The minimum absolute atomic E-state index is 0.505. The Morgan fingerprint density at radius 3 is 2.71 bits per heavy atom. The molecular formula is C11H10Cl2N2OS. The van der Waals surface area contributed by atoms with E-state index < -0.39 is 0 Å². The summed E-state index contributed by atoms with van der Waals surface area (Å²) in [4.78, 5) is 5.34. The van der Waals surface area contributed by atoms with Crippen molar-refractivity contribution >= 4 is 40.8 Å². The number of pyridine rings is 1. The lowest BCUT2D eigenvalue weighted by Crippen LogP contribution is -1.95. The topological polar surface area (TPSA) is 38.1 Å². The van der Waals surface area contributed by atoms with Gasteiger partial charge < -0.3 is 9.73 Å². The second-order valence-electron chi connectivity index (χ2n) is 3.30. The fourth-order valence-electron chi connectivity index (χ4n) is 1.28. The quantitative estimate of drug-likeness (QED) is 0.904. The fourth-order valence-corrected chi connectivity index (χ4v) is 2.67. The van der Waals surface area contributed by atoms with E-state index in [2.05, 4.69) is 10.3 Å². The van der Waals surface area contributed by atoms with Crippen molar-refractivity contribution in [2.75, 3.05) is 12.4 Å². The van der Waals surface area contributed by atoms with Gasteiger partial charge >= 0.3 is 0 Å². The van der Waals surface area contributed by atoms with E-state index in [1.165, 1.54) is 11.8 Å². The first kappa shape index (κ1) is 12.6. The standard InChI is InChI=1S/C11H10Cl2N2OS/c1-6-9(3-4-16-6)17-11-8(13)5-7(12)10(14-2)15-11/h3-5H,1-2H3,(H,14,15). The molecule has 0 saturated heterocycles. The molecular weight excluding hydrogens is 279 g/mol. The lowest BCUT2D eigenvalue weighted by molar-refractivity contribution is 0.527. The summed E-state index contributed by atoms with van der Waals surface area (Å²) in [6, 6.07) is 3.56. The third-order valence-corrected chi connectivity index (χ3v) is 3.99. The number of anilines is 1. The first-order chi connectivity index (χ1) is 8.11. The number of hydrogen-bond donors (Lipinski definition) is 1. The Morgan fingerprint density at radius 2 is 2.12 bits per heavy atom. The summed E-state index contributed by atoms with van der Waals surface area (Å²) in [6.07, 6.45) is 1.64. The largest absolute Gasteiger partial charge is 0.468 e. The molecule has 2 rings (SSSR count). The smallest absolute Gasteiger partial charge is 0.146 e. The molecule has 17 heavy (non-hydrogen) atoms. The Morgan fingerprint density at radius 1 is 1.35 bits per heavy atom. The first-order valence-electron chi connectivity index (χ1n) is 4.87. The lowest BCUT2D eigenvalue weighted by Gasteiger charge is -2.07. The zero-order chi connectivity index (χ0) is 12.4. The van der Waals surface area contributed by atoms with Crippen LogP contribution in [0.4, 0.5) is 5.82 Å². The zero-order valence-electron chi connectivity index (χ0n) is 9.25. The van der Waals surface area contributed by atoms with E-state index in [0.717, 1.165) is 10.7 Å². The minimum atomic E-state index is 0.505. The van der Waals surface area contributed by atoms with Crippen molar-refractivity contribution in [1.29, 1.82) is 0 Å². The number of nitrogens with one attached hydrogen (secondary N) is 1. The van der Waals surface area contributed by atoms with E-state index in [0.29, 0.717) is 20.9 Å². The molecule has 0 aliphatic rings. The third kappa shape index (κ3) is 2.70. The van der Waals surface area contributed by atoms with E-state index in [-0.39, 0.29) is 0 Å². The zero-order valence-corrected chi connectivity index (χ0v) is 11.6. The number of rotatable bonds is 3. The van der Waals surface area contributed by atoms with Crippen LogP contribution in [0.1, 0.15) is 5.76 Å². The second kappa shape index (κ2) is 5.21. The van der Waals surface area contributed by atoms with Gasteiger partial charge in [0.1, 0.15) is 16.6 Å². The Hall–Kier alpha value is -0.840. The summed E-state index contributed by atoms with van der Waals surface area (Å²) >= 11 is 13.5. The molecule has 0 bridgehead atoms. The van der Waals surface area contributed by atoms with Gasteiger partial charge in [0.15, 0.2) is 0 Å². The Labute approximate surface area is 114 Å². The van der Waals surface area contributed by atoms with Crippen molar-refractivity contribution in [3.63, 3.8) is 0 Å². The molecule has 0 aromatic carbocycles. The van der Waals surface area contributed by atoms with Crippen LogP contribution in [0, 0.1) is 6.92 Å². The predicted octanol–water partition coefficient (Wildman–Crippen LogP) is 4.48. The van der Waals surface area contributed by atoms with Gasteiger partial charge in [-0.3, -0.25) is 0 Å². The molecule has 0 saturated carbocycles. The van der Waals surface area contributed by atoms with Crippen molar-refractivity contribution in [3.8, 4) is 0 Å². The summed E-state index contributed by atoms with van der Waals surface area (Å²) < 4.78 is 5.22. The molecule has 2 aromatic rings. The van der Waals surface area contributed by atoms with Crippen LogP contribution in [-0.4, -0.2) is 12.0 Å². The monoisotopic (exact) mass is 288 g/mol. The van der Waals surface area contributed by atoms with E-state index in [1.54, 1.807) is 19.4 Å². The Balaban J connectivity index is 2.36. The molecule has 0 atom stereocenters. The van der Waals surface area contributed by atoms with E-state index in [9.17, 15) is 0 Å². The maximum absolute atomic E-state index is 6.10. The minimum Gasteiger partial charge on any atom is -0.468 e. The molecule has 0 aliphatic carbocycles. The highest BCUT2D eigenvalue weighted by molar-refractivity contribution is 7.99. The van der Waals surface area contributed by atoms with Crippen LogP contribution >= 0.6 is 35.0 Å². The third-order valence-electron chi connectivity index (χ3n) is 2.15. The molecule has 6 heteroatoms. The molecule has 2 aromatic heterocycles. The highest BCUT2D eigenvalue weighted by Gasteiger charge is 2.12. The average Bonchev–Trinajstić information content (AvgIpc) is 2.68. The SMILES string of the molecule is CNc1nc(Sc2ccoc2C)c(Cl)cc1Cl. The van der Waals surface area contributed by atoms with Crippen molar-refractivity contribution in [3.05, 3.63) is 34.2 Å². The van der Waals surface area contributed by atoms with E-state index in [4.69, 9.17) is 27.6 Å². The predicted molar refractivity (Wildman–Crippen MR) is 71.4 cm³/mol. The van der Waals surface area contributed by atoms with Crippen molar-refractivity contribution in [2.24, 2.45) is 0 Å². The van der Waals surface area contributed by atoms with Crippen LogP contribution in [0.3, 0.4) is 0 Å². The van der Waals surface area contributed by atoms with Gasteiger partial charge in [-0.1, -0.05) is 35.0 Å². The van der Waals surface area contributed by atoms with Crippen molar-refractivity contribution < 1.29 is 4.42 Å². The van der Waals surface area contributed by atoms with Crippen molar-refractivity contribution in [2.45, 2.75) is 16.8 Å². The summed E-state index contributed by atoms with van der Waals surface area (Å²) in [5, 5.41) is 4.65. The number of nitrogens with zero attached hydrogens (tertiary/aromatic N) is 1. The normalized spacial score (nSPS) is 10.6. The molecule has 0 aliphatic heterocycles. The lowest BCUT2D eigenvalue weighted by atomic mass is 10.4. The number of furan rings is 1. The van der Waals surface area contributed by atoms with Gasteiger partial charge in [0.05, 0.1) is 21.2 Å². The van der Waals surface area contributed by atoms with Gasteiger partial charge in [-0.15, -0.1) is 0 Å². The summed E-state index contributed by atoms with van der Waals surface area (Å²) in [7, 11) is 1.76. The Kier molecular flexibility index (Phi) is 3.86.